The van der Waals surface area contributed by atoms with Crippen molar-refractivity contribution in [2.24, 2.45) is 0 Å². The fourth-order valence-electron chi connectivity index (χ4n) is 2.98. The van der Waals surface area contributed by atoms with Crippen molar-refractivity contribution in [3.63, 3.8) is 0 Å². The summed E-state index contributed by atoms with van der Waals surface area (Å²) in [6, 6.07) is 11.8. The molecule has 0 bridgehead atoms. The Labute approximate surface area is 171 Å². The van der Waals surface area contributed by atoms with Crippen molar-refractivity contribution >= 4 is 23.2 Å². The largest absolute Gasteiger partial charge is 0.372 e. The third kappa shape index (κ3) is 5.28. The first-order chi connectivity index (χ1) is 14.1. The van der Waals surface area contributed by atoms with Gasteiger partial charge in [-0.25, -0.2) is 9.97 Å². The monoisotopic (exact) mass is 390 g/mol. The molecule has 2 aromatic heterocycles. The summed E-state index contributed by atoms with van der Waals surface area (Å²) in [6.07, 6.45) is 4.73. The van der Waals surface area contributed by atoms with Crippen LogP contribution in [0.5, 0.6) is 0 Å². The first kappa shape index (κ1) is 20.3. The zero-order chi connectivity index (χ0) is 20.6. The zero-order valence-corrected chi connectivity index (χ0v) is 17.0. The van der Waals surface area contributed by atoms with Crippen LogP contribution in [0, 0.1) is 6.92 Å². The van der Waals surface area contributed by atoms with Gasteiger partial charge in [-0.3, -0.25) is 9.78 Å². The van der Waals surface area contributed by atoms with Gasteiger partial charge in [0.1, 0.15) is 0 Å². The van der Waals surface area contributed by atoms with Gasteiger partial charge in [0, 0.05) is 43.1 Å². The molecule has 7 heteroatoms. The van der Waals surface area contributed by atoms with E-state index in [1.54, 1.807) is 6.20 Å². The van der Waals surface area contributed by atoms with Crippen LogP contribution in [0.2, 0.25) is 0 Å². The lowest BCUT2D eigenvalue weighted by Gasteiger charge is -2.22. The van der Waals surface area contributed by atoms with Crippen LogP contribution < -0.4 is 15.5 Å². The maximum Gasteiger partial charge on any atom is 0.254 e. The number of anilines is 3. The minimum Gasteiger partial charge on any atom is -0.372 e. The standard InChI is InChI=1S/C22H26N6O/c1-4-28(5-2)19-9-10-20(16(3)12-19)27-22-25-13-17(14-26-22)21(29)24-15-18-8-6-7-11-23-18/h6-14H,4-5,15H2,1-3H3,(H,24,29)(H,25,26,27). The molecular formula is C22H26N6O. The lowest BCUT2D eigenvalue weighted by molar-refractivity contribution is 0.0949. The summed E-state index contributed by atoms with van der Waals surface area (Å²) in [5.41, 5.74) is 4.44. The second-order valence-corrected chi connectivity index (χ2v) is 6.60. The van der Waals surface area contributed by atoms with Gasteiger partial charge in [-0.05, 0) is 56.7 Å². The quantitative estimate of drug-likeness (QED) is 0.610. The SMILES string of the molecule is CCN(CC)c1ccc(Nc2ncc(C(=O)NCc3ccccn3)cn2)c(C)c1. The van der Waals surface area contributed by atoms with Gasteiger partial charge in [-0.1, -0.05) is 6.07 Å². The average Bonchev–Trinajstić information content (AvgIpc) is 2.76. The van der Waals surface area contributed by atoms with Gasteiger partial charge in [0.15, 0.2) is 0 Å². The van der Waals surface area contributed by atoms with E-state index in [1.807, 2.05) is 24.3 Å². The second kappa shape index (κ2) is 9.64. The molecule has 2 N–H and O–H groups in total. The molecule has 29 heavy (non-hydrogen) atoms. The summed E-state index contributed by atoms with van der Waals surface area (Å²) >= 11 is 0. The van der Waals surface area contributed by atoms with E-state index in [0.717, 1.165) is 30.0 Å². The lowest BCUT2D eigenvalue weighted by atomic mass is 10.1. The molecule has 0 atom stereocenters. The van der Waals surface area contributed by atoms with Gasteiger partial charge in [-0.15, -0.1) is 0 Å². The molecule has 2 heterocycles. The van der Waals surface area contributed by atoms with Crippen LogP contribution in [0.4, 0.5) is 17.3 Å². The Morgan fingerprint density at radius 1 is 1.03 bits per heavy atom. The Morgan fingerprint density at radius 3 is 2.41 bits per heavy atom. The molecule has 0 radical (unpaired) electrons. The van der Waals surface area contributed by atoms with Gasteiger partial charge >= 0.3 is 0 Å². The third-order valence-corrected chi connectivity index (χ3v) is 4.66. The van der Waals surface area contributed by atoms with Crippen molar-refractivity contribution in [1.29, 1.82) is 0 Å². The normalized spacial score (nSPS) is 10.4. The number of aromatic nitrogens is 3. The Hall–Kier alpha value is -3.48. The topological polar surface area (TPSA) is 83.0 Å². The minimum absolute atomic E-state index is 0.234. The molecule has 150 valence electrons. The van der Waals surface area contributed by atoms with Crippen molar-refractivity contribution < 1.29 is 4.79 Å². The molecule has 0 saturated carbocycles. The number of pyridine rings is 1. The molecule has 1 amide bonds. The highest BCUT2D eigenvalue weighted by molar-refractivity contribution is 5.93. The average molecular weight is 390 g/mol. The molecule has 0 aliphatic carbocycles. The number of hydrogen-bond acceptors (Lipinski definition) is 6. The van der Waals surface area contributed by atoms with Crippen molar-refractivity contribution in [2.45, 2.75) is 27.3 Å². The van der Waals surface area contributed by atoms with Crippen LogP contribution in [-0.2, 0) is 6.54 Å². The molecule has 0 aliphatic heterocycles. The van der Waals surface area contributed by atoms with Crippen LogP contribution in [0.3, 0.4) is 0 Å². The highest BCUT2D eigenvalue weighted by Gasteiger charge is 2.09. The number of nitrogens with one attached hydrogen (secondary N) is 2. The van der Waals surface area contributed by atoms with E-state index < -0.39 is 0 Å². The van der Waals surface area contributed by atoms with Crippen molar-refractivity contribution in [1.82, 2.24) is 20.3 Å². The van der Waals surface area contributed by atoms with E-state index in [1.165, 1.54) is 18.1 Å². The van der Waals surface area contributed by atoms with Crippen LogP contribution in [0.25, 0.3) is 0 Å². The fraction of sp³-hybridized carbons (Fsp3) is 0.273. The van der Waals surface area contributed by atoms with Crippen LogP contribution in [0.1, 0.15) is 35.5 Å². The number of amides is 1. The van der Waals surface area contributed by atoms with E-state index in [4.69, 9.17) is 0 Å². The second-order valence-electron chi connectivity index (χ2n) is 6.60. The summed E-state index contributed by atoms with van der Waals surface area (Å²) in [5.74, 6) is 0.215. The first-order valence-corrected chi connectivity index (χ1v) is 9.73. The first-order valence-electron chi connectivity index (χ1n) is 9.73. The molecule has 0 aliphatic rings. The van der Waals surface area contributed by atoms with Crippen molar-refractivity contribution in [3.8, 4) is 0 Å². The Kier molecular flexibility index (Phi) is 6.73. The van der Waals surface area contributed by atoms with Crippen molar-refractivity contribution in [3.05, 3.63) is 71.8 Å². The van der Waals surface area contributed by atoms with E-state index in [-0.39, 0.29) is 5.91 Å². The highest BCUT2D eigenvalue weighted by atomic mass is 16.1. The van der Waals surface area contributed by atoms with E-state index in [0.29, 0.717) is 18.1 Å². The van der Waals surface area contributed by atoms with Gasteiger partial charge in [0.25, 0.3) is 5.91 Å². The van der Waals surface area contributed by atoms with E-state index in [9.17, 15) is 4.79 Å². The van der Waals surface area contributed by atoms with E-state index in [2.05, 4.69) is 63.4 Å². The number of carbonyl (C=O) groups excluding carboxylic acids is 1. The highest BCUT2D eigenvalue weighted by Crippen LogP contribution is 2.24. The zero-order valence-electron chi connectivity index (χ0n) is 17.0. The molecule has 1 aromatic carbocycles. The smallest absolute Gasteiger partial charge is 0.254 e. The summed E-state index contributed by atoms with van der Waals surface area (Å²) in [4.78, 5) is 27.3. The number of rotatable bonds is 8. The van der Waals surface area contributed by atoms with Gasteiger partial charge < -0.3 is 15.5 Å². The number of nitrogens with zero attached hydrogens (tertiary/aromatic N) is 4. The number of benzene rings is 1. The molecule has 0 fully saturated rings. The van der Waals surface area contributed by atoms with Crippen LogP contribution >= 0.6 is 0 Å². The van der Waals surface area contributed by atoms with Gasteiger partial charge in [0.05, 0.1) is 17.8 Å². The Balaban J connectivity index is 1.62. The molecule has 0 spiro atoms. The van der Waals surface area contributed by atoms with Crippen molar-refractivity contribution in [2.75, 3.05) is 23.3 Å². The van der Waals surface area contributed by atoms with Gasteiger partial charge in [-0.2, -0.15) is 0 Å². The van der Waals surface area contributed by atoms with Crippen LogP contribution in [-0.4, -0.2) is 33.9 Å². The van der Waals surface area contributed by atoms with E-state index >= 15 is 0 Å². The maximum atomic E-state index is 12.3. The lowest BCUT2D eigenvalue weighted by Crippen LogP contribution is -2.23. The summed E-state index contributed by atoms with van der Waals surface area (Å²) < 4.78 is 0. The van der Waals surface area contributed by atoms with Gasteiger partial charge in [0.2, 0.25) is 5.95 Å². The molecule has 7 nitrogen and oxygen atoms in total. The number of carbonyl (C=O) groups is 1. The molecule has 0 unspecified atom stereocenters. The molecule has 3 rings (SSSR count). The fourth-order valence-corrected chi connectivity index (χ4v) is 2.98. The minimum atomic E-state index is -0.234. The predicted octanol–water partition coefficient (Wildman–Crippen LogP) is 3.70. The molecule has 3 aromatic rings. The molecular weight excluding hydrogens is 364 g/mol. The molecule has 0 saturated heterocycles. The maximum absolute atomic E-state index is 12.3. The number of hydrogen-bond donors (Lipinski definition) is 2. The Bertz CT molecular complexity index is 939. The number of aryl methyl sites for hydroxylation is 1. The summed E-state index contributed by atoms with van der Waals surface area (Å²) in [6.45, 7) is 8.64. The summed E-state index contributed by atoms with van der Waals surface area (Å²) in [7, 11) is 0. The predicted molar refractivity (Wildman–Crippen MR) is 115 cm³/mol. The van der Waals surface area contributed by atoms with Crippen LogP contribution in [0.15, 0.2) is 55.0 Å². The third-order valence-electron chi connectivity index (χ3n) is 4.66. The Morgan fingerprint density at radius 2 is 1.79 bits per heavy atom. The summed E-state index contributed by atoms with van der Waals surface area (Å²) in [5, 5.41) is 6.03.